The molecule has 34 heavy (non-hydrogen) atoms. The monoisotopic (exact) mass is 530 g/mol. The van der Waals surface area contributed by atoms with Crippen LogP contribution in [-0.4, -0.2) is 75.2 Å². The molecule has 3 heterocycles. The summed E-state index contributed by atoms with van der Waals surface area (Å²) in [5.41, 5.74) is 3.06. The number of anilines is 1. The van der Waals surface area contributed by atoms with E-state index in [1.165, 1.54) is 12.6 Å². The fourth-order valence-electron chi connectivity index (χ4n) is 4.18. The summed E-state index contributed by atoms with van der Waals surface area (Å²) in [4.78, 5) is 16.4. The van der Waals surface area contributed by atoms with Gasteiger partial charge in [-0.25, -0.2) is 23.1 Å². The number of nitrogens with zero attached hydrogens (tertiary/aromatic N) is 4. The quantitative estimate of drug-likeness (QED) is 0.438. The van der Waals surface area contributed by atoms with E-state index in [0.717, 1.165) is 67.8 Å². The van der Waals surface area contributed by atoms with Crippen LogP contribution in [0.3, 0.4) is 0 Å². The first kappa shape index (κ1) is 28.1. The zero-order valence-electron chi connectivity index (χ0n) is 19.4. The van der Waals surface area contributed by atoms with Crippen LogP contribution in [0.25, 0.3) is 10.9 Å². The Labute approximate surface area is 213 Å². The fourth-order valence-corrected chi connectivity index (χ4v) is 4.94. The third-order valence-electron chi connectivity index (χ3n) is 5.97. The molecule has 1 saturated heterocycles. The van der Waals surface area contributed by atoms with E-state index >= 15 is 0 Å². The first-order valence-corrected chi connectivity index (χ1v) is 12.5. The van der Waals surface area contributed by atoms with Gasteiger partial charge in [0.2, 0.25) is 10.0 Å². The first-order chi connectivity index (χ1) is 15.5. The van der Waals surface area contributed by atoms with Crippen molar-refractivity contribution in [3.63, 3.8) is 0 Å². The van der Waals surface area contributed by atoms with Crippen molar-refractivity contribution in [1.29, 1.82) is 0 Å². The van der Waals surface area contributed by atoms with Crippen LogP contribution in [-0.2, 0) is 22.2 Å². The lowest BCUT2D eigenvalue weighted by molar-refractivity contribution is 0.253. The third kappa shape index (κ3) is 6.73. The number of ether oxygens (including phenoxy) is 1. The summed E-state index contributed by atoms with van der Waals surface area (Å²) in [7, 11) is -0.196. The lowest BCUT2D eigenvalue weighted by atomic mass is 10.1. The van der Waals surface area contributed by atoms with E-state index in [0.29, 0.717) is 5.75 Å². The number of benzene rings is 1. The van der Waals surface area contributed by atoms with Gasteiger partial charge in [0.05, 0.1) is 19.1 Å². The zero-order chi connectivity index (χ0) is 22.6. The van der Waals surface area contributed by atoms with E-state index in [-0.39, 0.29) is 30.6 Å². The van der Waals surface area contributed by atoms with Crippen molar-refractivity contribution in [2.75, 3.05) is 51.8 Å². The predicted octanol–water partition coefficient (Wildman–Crippen LogP) is 2.61. The van der Waals surface area contributed by atoms with E-state index in [1.54, 1.807) is 19.6 Å². The highest BCUT2D eigenvalue weighted by Gasteiger charge is 2.20. The molecule has 4 rings (SSSR count). The molecule has 0 saturated carbocycles. The van der Waals surface area contributed by atoms with Gasteiger partial charge in [-0.3, -0.25) is 4.90 Å². The Morgan fingerprint density at radius 3 is 2.65 bits per heavy atom. The van der Waals surface area contributed by atoms with E-state index in [4.69, 9.17) is 4.74 Å². The number of aromatic nitrogens is 3. The second kappa shape index (κ2) is 12.6. The molecule has 0 unspecified atom stereocenters. The number of rotatable bonds is 9. The number of aromatic amines is 1. The van der Waals surface area contributed by atoms with E-state index in [1.807, 2.05) is 24.4 Å². The van der Waals surface area contributed by atoms with Crippen LogP contribution in [0.5, 0.6) is 5.75 Å². The van der Waals surface area contributed by atoms with Gasteiger partial charge in [0, 0.05) is 43.3 Å². The van der Waals surface area contributed by atoms with E-state index in [9.17, 15) is 8.42 Å². The molecular formula is C22H32Cl2N6O3S. The van der Waals surface area contributed by atoms with Crippen molar-refractivity contribution < 1.29 is 13.2 Å². The van der Waals surface area contributed by atoms with E-state index < -0.39 is 10.0 Å². The topological polar surface area (TPSA) is 103 Å². The first-order valence-electron chi connectivity index (χ1n) is 10.8. The number of nitrogens with one attached hydrogen (secondary N) is 2. The molecule has 2 N–H and O–H groups in total. The number of sulfonamides is 1. The van der Waals surface area contributed by atoms with Gasteiger partial charge in [-0.1, -0.05) is 6.07 Å². The van der Waals surface area contributed by atoms with Gasteiger partial charge < -0.3 is 14.6 Å². The highest BCUT2D eigenvalue weighted by molar-refractivity contribution is 7.88. The number of fused-ring (bicyclic) bond motifs is 1. The molecule has 0 radical (unpaired) electrons. The third-order valence-corrected chi connectivity index (χ3v) is 7.31. The second-order valence-corrected chi connectivity index (χ2v) is 9.93. The summed E-state index contributed by atoms with van der Waals surface area (Å²) in [5.74, 6) is 1.56. The maximum atomic E-state index is 11.9. The van der Waals surface area contributed by atoms with Crippen LogP contribution in [0.4, 0.5) is 5.82 Å². The van der Waals surface area contributed by atoms with Gasteiger partial charge >= 0.3 is 0 Å². The molecule has 9 nitrogen and oxygen atoms in total. The lowest BCUT2D eigenvalue weighted by Gasteiger charge is -2.35. The molecule has 2 aromatic heterocycles. The number of H-pyrrole nitrogens is 1. The van der Waals surface area contributed by atoms with E-state index in [2.05, 4.69) is 29.5 Å². The Morgan fingerprint density at radius 2 is 1.94 bits per heavy atom. The Kier molecular flexibility index (Phi) is 10.4. The van der Waals surface area contributed by atoms with Crippen molar-refractivity contribution in [2.45, 2.75) is 18.6 Å². The fraction of sp³-hybridized carbons (Fsp3) is 0.455. The second-order valence-electron chi connectivity index (χ2n) is 8.00. The molecule has 1 aliphatic rings. The van der Waals surface area contributed by atoms with Crippen molar-refractivity contribution in [3.8, 4) is 5.75 Å². The molecule has 188 valence electrons. The summed E-state index contributed by atoms with van der Waals surface area (Å²) in [6, 6.07) is 5.81. The molecule has 0 atom stereocenters. The number of aryl methyl sites for hydroxylation is 1. The molecule has 0 amide bonds. The van der Waals surface area contributed by atoms with Gasteiger partial charge in [-0.2, -0.15) is 0 Å². The number of hydrogen-bond acceptors (Lipinski definition) is 7. The van der Waals surface area contributed by atoms with Gasteiger partial charge in [0.15, 0.2) is 11.6 Å². The minimum absolute atomic E-state index is 0. The normalized spacial score (nSPS) is 14.5. The summed E-state index contributed by atoms with van der Waals surface area (Å²) in [6.45, 7) is 4.79. The summed E-state index contributed by atoms with van der Waals surface area (Å²) in [5, 5.41) is 1.11. The minimum atomic E-state index is -3.28. The Hall–Kier alpha value is -2.11. The van der Waals surface area contributed by atoms with Crippen LogP contribution >= 0.6 is 24.8 Å². The Bertz CT molecular complexity index is 1170. The minimum Gasteiger partial charge on any atom is -0.491 e. The molecule has 3 aromatic rings. The van der Waals surface area contributed by atoms with Crippen LogP contribution in [0.15, 0.2) is 36.9 Å². The Morgan fingerprint density at radius 1 is 1.18 bits per heavy atom. The number of halogens is 2. The van der Waals surface area contributed by atoms with Crippen molar-refractivity contribution in [2.24, 2.45) is 0 Å². The van der Waals surface area contributed by atoms with Crippen molar-refractivity contribution >= 4 is 51.6 Å². The van der Waals surface area contributed by atoms with Crippen LogP contribution in [0, 0.1) is 0 Å². The predicted molar refractivity (Wildman–Crippen MR) is 140 cm³/mol. The largest absolute Gasteiger partial charge is 0.491 e. The average Bonchev–Trinajstić information content (AvgIpc) is 3.21. The van der Waals surface area contributed by atoms with Crippen molar-refractivity contribution in [1.82, 2.24) is 24.6 Å². The Balaban J connectivity index is 0.00000204. The SMILES string of the molecule is CNS(=O)(=O)Cc1ccc2[nH]cc(CCCN3CCN(c4ncncc4OC)CC3)c2c1.Cl.Cl. The number of piperazine rings is 1. The molecule has 12 heteroatoms. The summed E-state index contributed by atoms with van der Waals surface area (Å²) in [6.07, 6.45) is 7.30. The lowest BCUT2D eigenvalue weighted by Crippen LogP contribution is -2.47. The maximum absolute atomic E-state index is 11.9. The van der Waals surface area contributed by atoms with Crippen LogP contribution in [0.1, 0.15) is 17.5 Å². The zero-order valence-corrected chi connectivity index (χ0v) is 21.8. The van der Waals surface area contributed by atoms with Crippen LogP contribution < -0.4 is 14.4 Å². The van der Waals surface area contributed by atoms with Gasteiger partial charge in [0.25, 0.3) is 0 Å². The average molecular weight is 532 g/mol. The molecular weight excluding hydrogens is 499 g/mol. The van der Waals surface area contributed by atoms with Gasteiger partial charge in [-0.05, 0) is 49.7 Å². The molecule has 0 aliphatic carbocycles. The standard InChI is InChI=1S/C22H30N6O3S.2ClH/c1-23-32(29,30)15-17-5-6-20-19(12-17)18(13-25-20)4-3-7-27-8-10-28(11-9-27)22-21(31-2)14-24-16-26-22;;/h5-6,12-14,16,23,25H,3-4,7-11,15H2,1-2H3;2*1H. The van der Waals surface area contributed by atoms with Gasteiger partial charge in [-0.15, -0.1) is 24.8 Å². The molecule has 0 spiro atoms. The summed E-state index contributed by atoms with van der Waals surface area (Å²) >= 11 is 0. The molecule has 1 fully saturated rings. The highest BCUT2D eigenvalue weighted by atomic mass is 35.5. The molecule has 0 bridgehead atoms. The molecule has 1 aromatic carbocycles. The number of hydrogen-bond donors (Lipinski definition) is 2. The summed E-state index contributed by atoms with van der Waals surface area (Å²) < 4.78 is 31.5. The number of methoxy groups -OCH3 is 1. The van der Waals surface area contributed by atoms with Gasteiger partial charge in [0.1, 0.15) is 6.33 Å². The maximum Gasteiger partial charge on any atom is 0.215 e. The highest BCUT2D eigenvalue weighted by Crippen LogP contribution is 2.25. The smallest absolute Gasteiger partial charge is 0.215 e. The van der Waals surface area contributed by atoms with Crippen molar-refractivity contribution in [3.05, 3.63) is 48.0 Å². The molecule has 1 aliphatic heterocycles. The van der Waals surface area contributed by atoms with Crippen LogP contribution in [0.2, 0.25) is 0 Å².